The summed E-state index contributed by atoms with van der Waals surface area (Å²) in [5.41, 5.74) is 6.45. The summed E-state index contributed by atoms with van der Waals surface area (Å²) < 4.78 is 0. The Morgan fingerprint density at radius 3 is 2.52 bits per heavy atom. The second-order valence-electron chi connectivity index (χ2n) is 8.66. The van der Waals surface area contributed by atoms with Gasteiger partial charge in [-0.3, -0.25) is 9.59 Å². The van der Waals surface area contributed by atoms with E-state index >= 15 is 0 Å². The molecule has 0 spiro atoms. The SMILES string of the molecule is CC(CCC1C2(C)CCC(C2)C1(C)C)NC(=O)[C@@H](N)CC(=O)O. The van der Waals surface area contributed by atoms with Crippen LogP contribution in [0.15, 0.2) is 0 Å². The van der Waals surface area contributed by atoms with Crippen LogP contribution in [0.4, 0.5) is 0 Å². The van der Waals surface area contributed by atoms with Crippen molar-refractivity contribution in [3.63, 3.8) is 0 Å². The van der Waals surface area contributed by atoms with E-state index in [0.29, 0.717) is 16.7 Å². The van der Waals surface area contributed by atoms with E-state index in [-0.39, 0.29) is 18.4 Å². The van der Waals surface area contributed by atoms with Gasteiger partial charge in [0.05, 0.1) is 12.5 Å². The van der Waals surface area contributed by atoms with Gasteiger partial charge in [0.2, 0.25) is 5.91 Å². The number of nitrogens with one attached hydrogen (secondary N) is 1. The van der Waals surface area contributed by atoms with Crippen LogP contribution in [0.3, 0.4) is 0 Å². The Hall–Kier alpha value is -1.10. The van der Waals surface area contributed by atoms with Crippen molar-refractivity contribution in [1.82, 2.24) is 5.32 Å². The average molecular weight is 324 g/mol. The molecule has 4 N–H and O–H groups in total. The number of carbonyl (C=O) groups is 2. The number of rotatable bonds is 7. The van der Waals surface area contributed by atoms with E-state index in [9.17, 15) is 9.59 Å². The second kappa shape index (κ2) is 6.42. The summed E-state index contributed by atoms with van der Waals surface area (Å²) in [5, 5.41) is 11.6. The summed E-state index contributed by atoms with van der Waals surface area (Å²) >= 11 is 0. The molecule has 2 saturated carbocycles. The third-order valence-corrected chi connectivity index (χ3v) is 6.58. The third-order valence-electron chi connectivity index (χ3n) is 6.58. The highest BCUT2D eigenvalue weighted by Gasteiger charge is 2.58. The van der Waals surface area contributed by atoms with Gasteiger partial charge in [-0.15, -0.1) is 0 Å². The first-order chi connectivity index (χ1) is 10.6. The largest absolute Gasteiger partial charge is 0.481 e. The number of carbonyl (C=O) groups excluding carboxylic acids is 1. The van der Waals surface area contributed by atoms with Crippen LogP contribution in [0.25, 0.3) is 0 Å². The summed E-state index contributed by atoms with van der Waals surface area (Å²) in [6.45, 7) is 9.21. The lowest BCUT2D eigenvalue weighted by Gasteiger charge is -2.43. The average Bonchev–Trinajstić information content (AvgIpc) is 2.88. The molecule has 0 heterocycles. The fourth-order valence-electron chi connectivity index (χ4n) is 5.25. The molecule has 0 saturated heterocycles. The molecule has 2 rings (SSSR count). The van der Waals surface area contributed by atoms with Crippen molar-refractivity contribution in [1.29, 1.82) is 0 Å². The highest BCUT2D eigenvalue weighted by atomic mass is 16.4. The lowest BCUT2D eigenvalue weighted by Crippen LogP contribution is -2.46. The van der Waals surface area contributed by atoms with Crippen molar-refractivity contribution in [2.75, 3.05) is 0 Å². The van der Waals surface area contributed by atoms with E-state index < -0.39 is 12.0 Å². The van der Waals surface area contributed by atoms with Gasteiger partial charge in [-0.25, -0.2) is 0 Å². The van der Waals surface area contributed by atoms with Crippen LogP contribution >= 0.6 is 0 Å². The van der Waals surface area contributed by atoms with Gasteiger partial charge >= 0.3 is 5.97 Å². The number of fused-ring (bicyclic) bond motifs is 2. The fraction of sp³-hybridized carbons (Fsp3) is 0.889. The first-order valence-corrected chi connectivity index (χ1v) is 8.84. The Balaban J connectivity index is 1.84. The molecule has 2 aliphatic rings. The molecule has 2 fully saturated rings. The standard InChI is InChI=1S/C18H32N2O3/c1-11(20-16(23)13(19)9-15(21)22)5-6-14-17(2,3)12-7-8-18(14,4)10-12/h11-14H,5-10,19H2,1-4H3,(H,20,23)(H,21,22)/t11?,12?,13-,14?,18?/m0/s1. The lowest BCUT2D eigenvalue weighted by atomic mass is 9.62. The molecule has 1 amide bonds. The Labute approximate surface area is 139 Å². The first-order valence-electron chi connectivity index (χ1n) is 8.84. The smallest absolute Gasteiger partial charge is 0.305 e. The van der Waals surface area contributed by atoms with Crippen LogP contribution in [0.1, 0.15) is 66.2 Å². The maximum atomic E-state index is 11.9. The third kappa shape index (κ3) is 3.70. The number of hydrogen-bond donors (Lipinski definition) is 3. The topological polar surface area (TPSA) is 92.4 Å². The minimum absolute atomic E-state index is 0.0286. The normalized spacial score (nSPS) is 34.1. The van der Waals surface area contributed by atoms with Crippen molar-refractivity contribution >= 4 is 11.9 Å². The minimum Gasteiger partial charge on any atom is -0.481 e. The summed E-state index contributed by atoms with van der Waals surface area (Å²) in [6, 6.07) is -0.938. The van der Waals surface area contributed by atoms with Crippen molar-refractivity contribution in [2.24, 2.45) is 28.4 Å². The minimum atomic E-state index is -1.04. The maximum Gasteiger partial charge on any atom is 0.305 e. The molecule has 5 atom stereocenters. The molecule has 2 bridgehead atoms. The van der Waals surface area contributed by atoms with Gasteiger partial charge in [0.15, 0.2) is 0 Å². The van der Waals surface area contributed by atoms with E-state index in [0.717, 1.165) is 18.8 Å². The molecule has 0 radical (unpaired) electrons. The molecule has 4 unspecified atom stereocenters. The highest BCUT2D eigenvalue weighted by molar-refractivity contribution is 5.86. The zero-order valence-electron chi connectivity index (χ0n) is 14.9. The zero-order valence-corrected chi connectivity index (χ0v) is 14.9. The quantitative estimate of drug-likeness (QED) is 0.671. The van der Waals surface area contributed by atoms with Crippen molar-refractivity contribution < 1.29 is 14.7 Å². The van der Waals surface area contributed by atoms with Gasteiger partial charge in [-0.2, -0.15) is 0 Å². The molecule has 2 aliphatic carbocycles. The van der Waals surface area contributed by atoms with Crippen LogP contribution in [-0.2, 0) is 9.59 Å². The number of nitrogens with two attached hydrogens (primary N) is 1. The summed E-state index contributed by atoms with van der Waals surface area (Å²) in [4.78, 5) is 22.5. The van der Waals surface area contributed by atoms with Crippen molar-refractivity contribution in [2.45, 2.75) is 78.3 Å². The van der Waals surface area contributed by atoms with Crippen molar-refractivity contribution in [3.8, 4) is 0 Å². The Morgan fingerprint density at radius 1 is 1.35 bits per heavy atom. The highest BCUT2D eigenvalue weighted by Crippen LogP contribution is 2.67. The molecule has 0 aliphatic heterocycles. The molecule has 23 heavy (non-hydrogen) atoms. The second-order valence-corrected chi connectivity index (χ2v) is 8.66. The van der Waals surface area contributed by atoms with Gasteiger partial charge in [0.25, 0.3) is 0 Å². The van der Waals surface area contributed by atoms with Crippen LogP contribution in [0.5, 0.6) is 0 Å². The molecule has 5 nitrogen and oxygen atoms in total. The summed E-state index contributed by atoms with van der Waals surface area (Å²) in [5.74, 6) is 0.127. The number of aliphatic carboxylic acids is 1. The molecule has 132 valence electrons. The number of carboxylic acid groups (broad SMARTS) is 1. The predicted molar refractivity (Wildman–Crippen MR) is 89.8 cm³/mol. The van der Waals surface area contributed by atoms with Gasteiger partial charge in [0.1, 0.15) is 0 Å². The number of amides is 1. The van der Waals surface area contributed by atoms with Crippen LogP contribution in [0, 0.1) is 22.7 Å². The lowest BCUT2D eigenvalue weighted by molar-refractivity contribution is -0.139. The van der Waals surface area contributed by atoms with Gasteiger partial charge < -0.3 is 16.2 Å². The number of carboxylic acids is 1. The van der Waals surface area contributed by atoms with Crippen LogP contribution in [0.2, 0.25) is 0 Å². The van der Waals surface area contributed by atoms with Crippen LogP contribution in [-0.4, -0.2) is 29.1 Å². The zero-order chi connectivity index (χ0) is 17.4. The predicted octanol–water partition coefficient (Wildman–Crippen LogP) is 2.54. The van der Waals surface area contributed by atoms with E-state index in [1.54, 1.807) is 0 Å². The van der Waals surface area contributed by atoms with E-state index in [2.05, 4.69) is 26.1 Å². The van der Waals surface area contributed by atoms with Gasteiger partial charge in [-0.1, -0.05) is 20.8 Å². The molecule has 5 heteroatoms. The Kier molecular flexibility index (Phi) is 5.09. The molecule has 0 aromatic heterocycles. The molecular formula is C18H32N2O3. The first kappa shape index (κ1) is 18.2. The monoisotopic (exact) mass is 324 g/mol. The Bertz CT molecular complexity index is 472. The van der Waals surface area contributed by atoms with Gasteiger partial charge in [-0.05, 0) is 61.7 Å². The number of hydrogen-bond acceptors (Lipinski definition) is 3. The van der Waals surface area contributed by atoms with E-state index in [1.165, 1.54) is 19.3 Å². The Morgan fingerprint density at radius 2 is 2.00 bits per heavy atom. The maximum absolute atomic E-state index is 11.9. The van der Waals surface area contributed by atoms with Gasteiger partial charge in [0, 0.05) is 6.04 Å². The molecule has 0 aromatic carbocycles. The summed E-state index contributed by atoms with van der Waals surface area (Å²) in [6.07, 6.45) is 5.73. The van der Waals surface area contributed by atoms with Crippen molar-refractivity contribution in [3.05, 3.63) is 0 Å². The van der Waals surface area contributed by atoms with Crippen LogP contribution < -0.4 is 11.1 Å². The molecular weight excluding hydrogens is 292 g/mol. The van der Waals surface area contributed by atoms with E-state index in [1.807, 2.05) is 6.92 Å². The summed E-state index contributed by atoms with van der Waals surface area (Å²) in [7, 11) is 0. The van der Waals surface area contributed by atoms with E-state index in [4.69, 9.17) is 10.8 Å². The molecule has 0 aromatic rings. The fourth-order valence-corrected chi connectivity index (χ4v) is 5.25.